The van der Waals surface area contributed by atoms with Crippen molar-refractivity contribution in [1.29, 1.82) is 0 Å². The zero-order valence-electron chi connectivity index (χ0n) is 15.7. The summed E-state index contributed by atoms with van der Waals surface area (Å²) in [4.78, 5) is 26.2. The lowest BCUT2D eigenvalue weighted by atomic mass is 10.1. The molecule has 2 aromatic carbocycles. The number of aryl methyl sites for hydroxylation is 1. The lowest BCUT2D eigenvalue weighted by Crippen LogP contribution is -2.13. The van der Waals surface area contributed by atoms with Crippen molar-refractivity contribution in [2.24, 2.45) is 0 Å². The van der Waals surface area contributed by atoms with Crippen LogP contribution in [0.4, 0.5) is 11.4 Å². The minimum atomic E-state index is -0.168. The van der Waals surface area contributed by atoms with Gasteiger partial charge in [0.05, 0.1) is 4.88 Å². The second-order valence-electron chi connectivity index (χ2n) is 6.64. The van der Waals surface area contributed by atoms with Gasteiger partial charge in [0.2, 0.25) is 5.91 Å². The highest BCUT2D eigenvalue weighted by Crippen LogP contribution is 2.42. The van der Waals surface area contributed by atoms with Crippen LogP contribution in [0.5, 0.6) is 5.75 Å². The summed E-state index contributed by atoms with van der Waals surface area (Å²) in [5, 5.41) is 5.79. The molecule has 0 fully saturated rings. The zero-order chi connectivity index (χ0) is 19.7. The molecule has 0 atom stereocenters. The first-order valence-corrected chi connectivity index (χ1v) is 9.93. The van der Waals surface area contributed by atoms with Crippen molar-refractivity contribution >= 4 is 34.5 Å². The molecule has 4 rings (SSSR count). The molecule has 142 valence electrons. The summed E-state index contributed by atoms with van der Waals surface area (Å²) in [6.45, 7) is 4.19. The molecule has 6 heteroatoms. The van der Waals surface area contributed by atoms with Crippen LogP contribution in [0.2, 0.25) is 0 Å². The number of hydrogen-bond donors (Lipinski definition) is 2. The first-order valence-electron chi connectivity index (χ1n) is 9.12. The van der Waals surface area contributed by atoms with E-state index in [0.29, 0.717) is 29.3 Å². The van der Waals surface area contributed by atoms with Gasteiger partial charge in [0.15, 0.2) is 0 Å². The van der Waals surface area contributed by atoms with Crippen molar-refractivity contribution < 1.29 is 14.3 Å². The van der Waals surface area contributed by atoms with Crippen molar-refractivity contribution in [3.8, 4) is 16.2 Å². The molecule has 0 unspecified atom stereocenters. The second-order valence-corrected chi connectivity index (χ2v) is 7.69. The Morgan fingerprint density at radius 3 is 2.75 bits per heavy atom. The van der Waals surface area contributed by atoms with Crippen LogP contribution in [0.1, 0.15) is 34.1 Å². The third-order valence-corrected chi connectivity index (χ3v) is 5.85. The summed E-state index contributed by atoms with van der Waals surface area (Å²) < 4.78 is 5.78. The van der Waals surface area contributed by atoms with E-state index in [-0.39, 0.29) is 11.8 Å². The largest absolute Gasteiger partial charge is 0.488 e. The lowest BCUT2D eigenvalue weighted by molar-refractivity contribution is -0.115. The van der Waals surface area contributed by atoms with Gasteiger partial charge in [0.25, 0.3) is 5.91 Å². The maximum absolute atomic E-state index is 12.9. The van der Waals surface area contributed by atoms with E-state index in [4.69, 9.17) is 4.74 Å². The van der Waals surface area contributed by atoms with Gasteiger partial charge in [0, 0.05) is 33.8 Å². The van der Waals surface area contributed by atoms with E-state index in [9.17, 15) is 9.59 Å². The molecule has 0 saturated carbocycles. The van der Waals surface area contributed by atoms with Gasteiger partial charge in [-0.25, -0.2) is 0 Å². The summed E-state index contributed by atoms with van der Waals surface area (Å²) in [5.74, 6) is 0.615. The predicted molar refractivity (Wildman–Crippen MR) is 112 cm³/mol. The Bertz CT molecular complexity index is 1070. The van der Waals surface area contributed by atoms with Crippen molar-refractivity contribution in [3.63, 3.8) is 0 Å². The number of carbonyl (C=O) groups is 2. The van der Waals surface area contributed by atoms with Gasteiger partial charge >= 0.3 is 0 Å². The van der Waals surface area contributed by atoms with E-state index < -0.39 is 0 Å². The van der Waals surface area contributed by atoms with E-state index in [1.165, 1.54) is 11.3 Å². The summed E-state index contributed by atoms with van der Waals surface area (Å²) in [5.41, 5.74) is 4.32. The molecule has 0 aliphatic carbocycles. The molecule has 2 amide bonds. The molecule has 0 spiro atoms. The average molecular weight is 392 g/mol. The molecule has 3 aromatic rings. The molecule has 1 aliphatic heterocycles. The predicted octanol–water partition coefficient (Wildman–Crippen LogP) is 5.22. The maximum atomic E-state index is 12.9. The van der Waals surface area contributed by atoms with E-state index in [1.54, 1.807) is 13.0 Å². The average Bonchev–Trinajstić information content (AvgIpc) is 3.15. The number of carbonyl (C=O) groups excluding carboxylic acids is 2. The van der Waals surface area contributed by atoms with Gasteiger partial charge in [-0.1, -0.05) is 25.1 Å². The fourth-order valence-corrected chi connectivity index (χ4v) is 4.17. The van der Waals surface area contributed by atoms with E-state index in [2.05, 4.69) is 10.6 Å². The fraction of sp³-hybridized carbons (Fsp3) is 0.182. The summed E-state index contributed by atoms with van der Waals surface area (Å²) in [7, 11) is 0. The number of para-hydroxylation sites is 1. The smallest absolute Gasteiger partial charge is 0.265 e. The number of rotatable bonds is 4. The molecule has 0 bridgehead atoms. The standard InChI is InChI=1S/C22H20N2O3S/c1-3-20(25)23-15-9-8-13(2)17(11-15)24-22(26)19-10-14-12-27-18-7-5-4-6-16(18)21(14)28-19/h4-11H,3,12H2,1-2H3,(H,23,25)(H,24,26). The molecule has 2 heterocycles. The highest BCUT2D eigenvalue weighted by atomic mass is 32.1. The van der Waals surface area contributed by atoms with Crippen LogP contribution in [0.15, 0.2) is 48.5 Å². The molecular weight excluding hydrogens is 372 g/mol. The van der Waals surface area contributed by atoms with Crippen molar-refractivity contribution in [2.45, 2.75) is 26.9 Å². The highest BCUT2D eigenvalue weighted by Gasteiger charge is 2.22. The van der Waals surface area contributed by atoms with Crippen LogP contribution in [-0.4, -0.2) is 11.8 Å². The number of hydrogen-bond acceptors (Lipinski definition) is 4. The van der Waals surface area contributed by atoms with Gasteiger partial charge in [-0.05, 0) is 42.8 Å². The normalized spacial score (nSPS) is 11.8. The summed E-state index contributed by atoms with van der Waals surface area (Å²) in [6.07, 6.45) is 0.403. The minimum Gasteiger partial charge on any atom is -0.488 e. The van der Waals surface area contributed by atoms with Crippen molar-refractivity contribution in [1.82, 2.24) is 0 Å². The van der Waals surface area contributed by atoms with Gasteiger partial charge < -0.3 is 15.4 Å². The SMILES string of the molecule is CCC(=O)Nc1ccc(C)c(NC(=O)c2cc3c(s2)-c2ccccc2OC3)c1. The number of anilines is 2. The molecule has 0 saturated heterocycles. The number of ether oxygens (including phenoxy) is 1. The monoisotopic (exact) mass is 392 g/mol. The Hall–Kier alpha value is -3.12. The highest BCUT2D eigenvalue weighted by molar-refractivity contribution is 7.17. The Morgan fingerprint density at radius 2 is 1.93 bits per heavy atom. The Labute approximate surface area is 167 Å². The first kappa shape index (κ1) is 18.3. The van der Waals surface area contributed by atoms with Gasteiger partial charge in [-0.2, -0.15) is 0 Å². The van der Waals surface area contributed by atoms with E-state index in [1.807, 2.05) is 49.4 Å². The number of nitrogens with one attached hydrogen (secondary N) is 2. The maximum Gasteiger partial charge on any atom is 0.265 e. The quantitative estimate of drug-likeness (QED) is 0.640. The van der Waals surface area contributed by atoms with Gasteiger partial charge in [0.1, 0.15) is 12.4 Å². The summed E-state index contributed by atoms with van der Waals surface area (Å²) >= 11 is 1.47. The number of benzene rings is 2. The summed E-state index contributed by atoms with van der Waals surface area (Å²) in [6, 6.07) is 15.2. The lowest BCUT2D eigenvalue weighted by Gasteiger charge is -2.16. The molecule has 1 aromatic heterocycles. The van der Waals surface area contributed by atoms with Crippen LogP contribution < -0.4 is 15.4 Å². The fourth-order valence-electron chi connectivity index (χ4n) is 3.08. The van der Waals surface area contributed by atoms with E-state index >= 15 is 0 Å². The minimum absolute atomic E-state index is 0.0641. The third kappa shape index (κ3) is 3.51. The van der Waals surface area contributed by atoms with Gasteiger partial charge in [-0.3, -0.25) is 9.59 Å². The van der Waals surface area contributed by atoms with Gasteiger partial charge in [-0.15, -0.1) is 11.3 Å². The van der Waals surface area contributed by atoms with E-state index in [0.717, 1.165) is 27.3 Å². The van der Waals surface area contributed by atoms with Crippen LogP contribution in [0.3, 0.4) is 0 Å². The molecular formula is C22H20N2O3S. The molecule has 1 aliphatic rings. The Kier molecular flexibility index (Phi) is 4.88. The van der Waals surface area contributed by atoms with Crippen molar-refractivity contribution in [2.75, 3.05) is 10.6 Å². The topological polar surface area (TPSA) is 67.4 Å². The number of amides is 2. The van der Waals surface area contributed by atoms with Crippen LogP contribution >= 0.6 is 11.3 Å². The zero-order valence-corrected chi connectivity index (χ0v) is 16.5. The van der Waals surface area contributed by atoms with Crippen LogP contribution in [0, 0.1) is 6.92 Å². The molecule has 0 radical (unpaired) electrons. The Morgan fingerprint density at radius 1 is 1.11 bits per heavy atom. The molecule has 28 heavy (non-hydrogen) atoms. The number of fused-ring (bicyclic) bond motifs is 3. The van der Waals surface area contributed by atoms with Crippen molar-refractivity contribution in [3.05, 3.63) is 64.5 Å². The first-order chi connectivity index (χ1) is 13.5. The van der Waals surface area contributed by atoms with Crippen LogP contribution in [-0.2, 0) is 11.4 Å². The third-order valence-electron chi connectivity index (χ3n) is 4.64. The Balaban J connectivity index is 1.58. The molecule has 2 N–H and O–H groups in total. The molecule has 5 nitrogen and oxygen atoms in total. The van der Waals surface area contributed by atoms with Crippen LogP contribution in [0.25, 0.3) is 10.4 Å². The number of thiophene rings is 1. The second kappa shape index (κ2) is 7.48.